The Kier molecular flexibility index (Phi) is 6.28. The highest BCUT2D eigenvalue weighted by Gasteiger charge is 2.18. The molecule has 144 valence electrons. The van der Waals surface area contributed by atoms with Crippen molar-refractivity contribution in [3.8, 4) is 5.75 Å². The SMILES string of the molecule is NC(=NCc1ccc(OC(F)F)cn1)N1CCN(c2ccc(Cl)cc2)CC1. The minimum absolute atomic E-state index is 0.0176. The Labute approximate surface area is 161 Å². The molecule has 2 N–H and O–H groups in total. The first-order valence-corrected chi connectivity index (χ1v) is 8.84. The van der Waals surface area contributed by atoms with Crippen molar-refractivity contribution in [2.45, 2.75) is 13.2 Å². The Balaban J connectivity index is 1.51. The summed E-state index contributed by atoms with van der Waals surface area (Å²) in [7, 11) is 0. The maximum atomic E-state index is 12.1. The average molecular weight is 396 g/mol. The van der Waals surface area contributed by atoms with Crippen molar-refractivity contribution in [3.63, 3.8) is 0 Å². The lowest BCUT2D eigenvalue weighted by atomic mass is 10.2. The van der Waals surface area contributed by atoms with Gasteiger partial charge in [-0.05, 0) is 36.4 Å². The van der Waals surface area contributed by atoms with E-state index in [4.69, 9.17) is 17.3 Å². The normalized spacial score (nSPS) is 15.3. The van der Waals surface area contributed by atoms with Crippen LogP contribution >= 0.6 is 11.6 Å². The molecule has 27 heavy (non-hydrogen) atoms. The highest BCUT2D eigenvalue weighted by Crippen LogP contribution is 2.19. The third kappa shape index (κ3) is 5.43. The average Bonchev–Trinajstić information content (AvgIpc) is 2.67. The number of pyridine rings is 1. The predicted molar refractivity (Wildman–Crippen MR) is 101 cm³/mol. The van der Waals surface area contributed by atoms with Gasteiger partial charge in [0.05, 0.1) is 18.4 Å². The van der Waals surface area contributed by atoms with E-state index in [1.54, 1.807) is 6.07 Å². The molecule has 3 rings (SSSR count). The molecule has 0 radical (unpaired) electrons. The quantitative estimate of drug-likeness (QED) is 0.622. The number of halogens is 3. The van der Waals surface area contributed by atoms with Gasteiger partial charge < -0.3 is 20.3 Å². The highest BCUT2D eigenvalue weighted by molar-refractivity contribution is 6.30. The van der Waals surface area contributed by atoms with Crippen LogP contribution in [0.2, 0.25) is 5.02 Å². The molecular formula is C18H20ClF2N5O. The van der Waals surface area contributed by atoms with Crippen LogP contribution in [0.4, 0.5) is 14.5 Å². The second-order valence-corrected chi connectivity index (χ2v) is 6.43. The van der Waals surface area contributed by atoms with Crippen molar-refractivity contribution in [1.29, 1.82) is 0 Å². The van der Waals surface area contributed by atoms with Gasteiger partial charge in [0, 0.05) is 36.9 Å². The second-order valence-electron chi connectivity index (χ2n) is 5.99. The van der Waals surface area contributed by atoms with Crippen LogP contribution in [-0.4, -0.2) is 48.6 Å². The van der Waals surface area contributed by atoms with Crippen LogP contribution < -0.4 is 15.4 Å². The van der Waals surface area contributed by atoms with Crippen LogP contribution in [0.15, 0.2) is 47.6 Å². The van der Waals surface area contributed by atoms with E-state index in [-0.39, 0.29) is 12.3 Å². The third-order valence-electron chi connectivity index (χ3n) is 4.22. The Bertz CT molecular complexity index is 762. The number of ether oxygens (including phenoxy) is 1. The number of hydrogen-bond acceptors (Lipinski definition) is 4. The number of hydrogen-bond donors (Lipinski definition) is 1. The molecule has 9 heteroatoms. The minimum Gasteiger partial charge on any atom is -0.433 e. The van der Waals surface area contributed by atoms with Crippen molar-refractivity contribution in [2.24, 2.45) is 10.7 Å². The Morgan fingerprint density at radius 2 is 1.85 bits per heavy atom. The molecule has 6 nitrogen and oxygen atoms in total. The van der Waals surface area contributed by atoms with E-state index in [9.17, 15) is 8.78 Å². The number of anilines is 1. The van der Waals surface area contributed by atoms with Gasteiger partial charge in [-0.3, -0.25) is 4.98 Å². The van der Waals surface area contributed by atoms with Gasteiger partial charge in [0.25, 0.3) is 0 Å². The molecule has 1 saturated heterocycles. The van der Waals surface area contributed by atoms with Crippen molar-refractivity contribution in [2.75, 3.05) is 31.1 Å². The molecule has 1 aliphatic heterocycles. The lowest BCUT2D eigenvalue weighted by Crippen LogP contribution is -2.51. The molecule has 2 heterocycles. The summed E-state index contributed by atoms with van der Waals surface area (Å²) in [6.45, 7) is 0.584. The van der Waals surface area contributed by atoms with E-state index in [0.29, 0.717) is 11.7 Å². The van der Waals surface area contributed by atoms with Crippen molar-refractivity contribution < 1.29 is 13.5 Å². The van der Waals surface area contributed by atoms with Crippen molar-refractivity contribution >= 4 is 23.2 Å². The molecule has 1 fully saturated rings. The summed E-state index contributed by atoms with van der Waals surface area (Å²) in [6, 6.07) is 10.8. The van der Waals surface area contributed by atoms with Gasteiger partial charge in [0.1, 0.15) is 5.75 Å². The lowest BCUT2D eigenvalue weighted by molar-refractivity contribution is -0.0500. The molecule has 0 atom stereocenters. The van der Waals surface area contributed by atoms with Gasteiger partial charge in [0.15, 0.2) is 5.96 Å². The predicted octanol–water partition coefficient (Wildman–Crippen LogP) is 2.97. The standard InChI is InChI=1S/C18H20ClF2N5O/c19-13-1-4-15(5-2-13)25-7-9-26(10-8-25)18(22)24-11-14-3-6-16(12-23-14)27-17(20)21/h1-6,12,17H,7-11H2,(H2,22,24). The summed E-state index contributed by atoms with van der Waals surface area (Å²) in [5, 5.41) is 0.719. The molecule has 1 aromatic heterocycles. The molecule has 0 aliphatic carbocycles. The summed E-state index contributed by atoms with van der Waals surface area (Å²) >= 11 is 5.93. The first-order chi connectivity index (χ1) is 13.0. The fraction of sp³-hybridized carbons (Fsp3) is 0.333. The maximum absolute atomic E-state index is 12.1. The number of aliphatic imine (C=N–C) groups is 1. The topological polar surface area (TPSA) is 67.0 Å². The molecule has 1 aromatic carbocycles. The van der Waals surface area contributed by atoms with Crippen molar-refractivity contribution in [3.05, 3.63) is 53.3 Å². The molecule has 0 bridgehead atoms. The maximum Gasteiger partial charge on any atom is 0.387 e. The number of piperazine rings is 1. The largest absolute Gasteiger partial charge is 0.433 e. The fourth-order valence-electron chi connectivity index (χ4n) is 2.78. The van der Waals surface area contributed by atoms with Crippen LogP contribution in [0, 0.1) is 0 Å². The Morgan fingerprint density at radius 1 is 1.15 bits per heavy atom. The van der Waals surface area contributed by atoms with Gasteiger partial charge in [0.2, 0.25) is 0 Å². The molecule has 2 aromatic rings. The number of rotatable bonds is 5. The zero-order valence-corrected chi connectivity index (χ0v) is 15.3. The van der Waals surface area contributed by atoms with Gasteiger partial charge in [-0.1, -0.05) is 11.6 Å². The smallest absolute Gasteiger partial charge is 0.387 e. The molecule has 0 spiro atoms. The van der Waals surface area contributed by atoms with E-state index >= 15 is 0 Å². The summed E-state index contributed by atoms with van der Waals surface area (Å²) in [6.07, 6.45) is 1.25. The van der Waals surface area contributed by atoms with Crippen LogP contribution in [-0.2, 0) is 6.54 Å². The molecule has 0 saturated carbocycles. The Morgan fingerprint density at radius 3 is 2.44 bits per heavy atom. The zero-order chi connectivity index (χ0) is 19.2. The Hall–Kier alpha value is -2.61. The molecule has 1 aliphatic rings. The molecule has 0 unspecified atom stereocenters. The van der Waals surface area contributed by atoms with Crippen LogP contribution in [0.25, 0.3) is 0 Å². The minimum atomic E-state index is -2.86. The summed E-state index contributed by atoms with van der Waals surface area (Å²) in [4.78, 5) is 12.7. The van der Waals surface area contributed by atoms with Crippen LogP contribution in [0.3, 0.4) is 0 Å². The zero-order valence-electron chi connectivity index (χ0n) is 14.6. The first-order valence-electron chi connectivity index (χ1n) is 8.46. The van der Waals surface area contributed by atoms with E-state index < -0.39 is 6.61 Å². The van der Waals surface area contributed by atoms with Crippen LogP contribution in [0.5, 0.6) is 5.75 Å². The third-order valence-corrected chi connectivity index (χ3v) is 4.47. The van der Waals surface area contributed by atoms with Gasteiger partial charge in [-0.15, -0.1) is 0 Å². The summed E-state index contributed by atoms with van der Waals surface area (Å²) < 4.78 is 28.5. The van der Waals surface area contributed by atoms with Gasteiger partial charge in [-0.25, -0.2) is 4.99 Å². The number of alkyl halides is 2. The summed E-state index contributed by atoms with van der Waals surface area (Å²) in [5.41, 5.74) is 7.84. The van der Waals surface area contributed by atoms with Crippen molar-refractivity contribution in [1.82, 2.24) is 9.88 Å². The number of aromatic nitrogens is 1. The second kappa shape index (κ2) is 8.85. The van der Waals surface area contributed by atoms with E-state index in [0.717, 1.165) is 36.9 Å². The fourth-order valence-corrected chi connectivity index (χ4v) is 2.91. The number of nitrogens with two attached hydrogens (primary N) is 1. The lowest BCUT2D eigenvalue weighted by Gasteiger charge is -2.36. The monoisotopic (exact) mass is 395 g/mol. The molecular weight excluding hydrogens is 376 g/mol. The number of nitrogens with zero attached hydrogens (tertiary/aromatic N) is 4. The highest BCUT2D eigenvalue weighted by atomic mass is 35.5. The van der Waals surface area contributed by atoms with E-state index in [2.05, 4.69) is 19.6 Å². The number of benzene rings is 1. The first kappa shape index (κ1) is 19.2. The van der Waals surface area contributed by atoms with Gasteiger partial charge in [-0.2, -0.15) is 8.78 Å². The van der Waals surface area contributed by atoms with E-state index in [1.165, 1.54) is 12.3 Å². The van der Waals surface area contributed by atoms with E-state index in [1.807, 2.05) is 29.2 Å². The van der Waals surface area contributed by atoms with Gasteiger partial charge >= 0.3 is 6.61 Å². The van der Waals surface area contributed by atoms with Crippen LogP contribution in [0.1, 0.15) is 5.69 Å². The number of guanidine groups is 1. The summed E-state index contributed by atoms with van der Waals surface area (Å²) in [5.74, 6) is 0.462. The molecule has 0 amide bonds.